The Kier molecular flexibility index (Phi) is 2.14. The van der Waals surface area contributed by atoms with E-state index in [0.717, 1.165) is 6.42 Å². The third kappa shape index (κ3) is 1.37. The van der Waals surface area contributed by atoms with E-state index in [-0.39, 0.29) is 5.56 Å². The van der Waals surface area contributed by atoms with E-state index < -0.39 is 11.4 Å². The summed E-state index contributed by atoms with van der Waals surface area (Å²) in [6.07, 6.45) is 3.81. The van der Waals surface area contributed by atoms with E-state index in [1.54, 1.807) is 19.3 Å². The van der Waals surface area contributed by atoms with Crippen LogP contribution in [-0.2, 0) is 17.3 Å². The summed E-state index contributed by atoms with van der Waals surface area (Å²) < 4.78 is 1.44. The highest BCUT2D eigenvalue weighted by Gasteiger charge is 2.46. The standard InChI is InChI=1S/C11H13NO3/c1-12-6-3-8(7-9(12)13)11(10(14)15)4-2-5-11/h3,6-7H,2,4-5H2,1H3,(H,14,15). The molecule has 1 aliphatic rings. The van der Waals surface area contributed by atoms with Crippen LogP contribution >= 0.6 is 0 Å². The highest BCUT2D eigenvalue weighted by atomic mass is 16.4. The molecule has 0 radical (unpaired) electrons. The third-order valence-corrected chi connectivity index (χ3v) is 3.27. The molecule has 0 bridgehead atoms. The summed E-state index contributed by atoms with van der Waals surface area (Å²) in [5.74, 6) is -0.818. The van der Waals surface area contributed by atoms with Crippen molar-refractivity contribution in [3.8, 4) is 0 Å². The highest BCUT2D eigenvalue weighted by Crippen LogP contribution is 2.43. The quantitative estimate of drug-likeness (QED) is 0.783. The molecule has 0 amide bonds. The number of carboxylic acids is 1. The van der Waals surface area contributed by atoms with Gasteiger partial charge in [0.2, 0.25) is 0 Å². The van der Waals surface area contributed by atoms with E-state index >= 15 is 0 Å². The Morgan fingerprint density at radius 3 is 2.60 bits per heavy atom. The zero-order valence-electron chi connectivity index (χ0n) is 8.56. The summed E-state index contributed by atoms with van der Waals surface area (Å²) >= 11 is 0. The molecule has 1 heterocycles. The number of carbonyl (C=O) groups is 1. The number of hydrogen-bond donors (Lipinski definition) is 1. The number of aromatic nitrogens is 1. The molecule has 0 aromatic carbocycles. The van der Waals surface area contributed by atoms with Gasteiger partial charge in [0.05, 0.1) is 5.41 Å². The van der Waals surface area contributed by atoms with Crippen molar-refractivity contribution >= 4 is 5.97 Å². The van der Waals surface area contributed by atoms with Crippen molar-refractivity contribution in [3.63, 3.8) is 0 Å². The van der Waals surface area contributed by atoms with Crippen molar-refractivity contribution in [1.29, 1.82) is 0 Å². The van der Waals surface area contributed by atoms with Gasteiger partial charge in [-0.3, -0.25) is 9.59 Å². The van der Waals surface area contributed by atoms with Gasteiger partial charge < -0.3 is 9.67 Å². The van der Waals surface area contributed by atoms with Gasteiger partial charge in [-0.1, -0.05) is 6.42 Å². The molecule has 1 fully saturated rings. The van der Waals surface area contributed by atoms with Crippen molar-refractivity contribution in [2.45, 2.75) is 24.7 Å². The Morgan fingerprint density at radius 2 is 2.20 bits per heavy atom. The Bertz CT molecular complexity index is 457. The van der Waals surface area contributed by atoms with Gasteiger partial charge in [-0.05, 0) is 24.5 Å². The van der Waals surface area contributed by atoms with Crippen LogP contribution in [0.25, 0.3) is 0 Å². The van der Waals surface area contributed by atoms with Gasteiger partial charge in [0.1, 0.15) is 0 Å². The number of carboxylic acid groups (broad SMARTS) is 1. The van der Waals surface area contributed by atoms with Gasteiger partial charge in [-0.15, -0.1) is 0 Å². The first-order chi connectivity index (χ1) is 7.06. The summed E-state index contributed by atoms with van der Waals surface area (Å²) in [5.41, 5.74) is -0.308. The molecule has 1 N–H and O–H groups in total. The first kappa shape index (κ1) is 9.96. The molecule has 4 heteroatoms. The van der Waals surface area contributed by atoms with Crippen molar-refractivity contribution in [3.05, 3.63) is 34.2 Å². The maximum absolute atomic E-state index is 11.4. The minimum absolute atomic E-state index is 0.153. The predicted octanol–water partition coefficient (Wildman–Crippen LogP) is 0.892. The molecule has 2 rings (SSSR count). The molecule has 15 heavy (non-hydrogen) atoms. The largest absolute Gasteiger partial charge is 0.481 e. The lowest BCUT2D eigenvalue weighted by atomic mass is 9.65. The first-order valence-electron chi connectivity index (χ1n) is 4.97. The maximum atomic E-state index is 11.4. The van der Waals surface area contributed by atoms with Gasteiger partial charge in [0, 0.05) is 19.3 Å². The lowest BCUT2D eigenvalue weighted by Gasteiger charge is -2.37. The molecule has 0 unspecified atom stereocenters. The van der Waals surface area contributed by atoms with E-state index in [9.17, 15) is 14.7 Å². The highest BCUT2D eigenvalue weighted by molar-refractivity contribution is 5.82. The second-order valence-electron chi connectivity index (χ2n) is 4.11. The molecule has 0 aliphatic heterocycles. The Morgan fingerprint density at radius 1 is 1.53 bits per heavy atom. The summed E-state index contributed by atoms with van der Waals surface area (Å²) in [6, 6.07) is 3.17. The fraction of sp³-hybridized carbons (Fsp3) is 0.455. The van der Waals surface area contributed by atoms with Gasteiger partial charge in [-0.25, -0.2) is 0 Å². The lowest BCUT2D eigenvalue weighted by Crippen LogP contribution is -2.43. The summed E-state index contributed by atoms with van der Waals surface area (Å²) in [4.78, 5) is 22.6. The van der Waals surface area contributed by atoms with Crippen molar-refractivity contribution in [2.24, 2.45) is 7.05 Å². The topological polar surface area (TPSA) is 59.3 Å². The molecule has 0 atom stereocenters. The molecule has 1 saturated carbocycles. The average Bonchev–Trinajstić information content (AvgIpc) is 2.08. The van der Waals surface area contributed by atoms with Crippen molar-refractivity contribution in [1.82, 2.24) is 4.57 Å². The van der Waals surface area contributed by atoms with Gasteiger partial charge >= 0.3 is 5.97 Å². The van der Waals surface area contributed by atoms with Crippen LogP contribution in [0.2, 0.25) is 0 Å². The molecule has 4 nitrogen and oxygen atoms in total. The van der Waals surface area contributed by atoms with Crippen LogP contribution in [0.4, 0.5) is 0 Å². The van der Waals surface area contributed by atoms with Crippen molar-refractivity contribution < 1.29 is 9.90 Å². The minimum atomic E-state index is -0.818. The van der Waals surface area contributed by atoms with E-state index in [2.05, 4.69) is 0 Å². The minimum Gasteiger partial charge on any atom is -0.481 e. The fourth-order valence-corrected chi connectivity index (χ4v) is 2.00. The average molecular weight is 207 g/mol. The summed E-state index contributed by atoms with van der Waals surface area (Å²) in [6.45, 7) is 0. The second-order valence-corrected chi connectivity index (χ2v) is 4.11. The van der Waals surface area contributed by atoms with Crippen LogP contribution in [-0.4, -0.2) is 15.6 Å². The molecule has 80 valence electrons. The number of rotatable bonds is 2. The van der Waals surface area contributed by atoms with E-state index in [1.165, 1.54) is 10.6 Å². The second kappa shape index (κ2) is 3.22. The number of aliphatic carboxylic acids is 1. The number of nitrogens with zero attached hydrogens (tertiary/aromatic N) is 1. The normalized spacial score (nSPS) is 18.2. The van der Waals surface area contributed by atoms with Crippen LogP contribution in [0.5, 0.6) is 0 Å². The van der Waals surface area contributed by atoms with Crippen LogP contribution in [0, 0.1) is 0 Å². The zero-order chi connectivity index (χ0) is 11.1. The van der Waals surface area contributed by atoms with E-state index in [0.29, 0.717) is 18.4 Å². The Hall–Kier alpha value is -1.58. The number of hydrogen-bond acceptors (Lipinski definition) is 2. The fourth-order valence-electron chi connectivity index (χ4n) is 2.00. The third-order valence-electron chi connectivity index (χ3n) is 3.27. The van der Waals surface area contributed by atoms with E-state index in [4.69, 9.17) is 0 Å². The Balaban J connectivity index is 2.48. The SMILES string of the molecule is Cn1ccc(C2(C(=O)O)CCC2)cc1=O. The van der Waals surface area contributed by atoms with Gasteiger partial charge in [0.25, 0.3) is 5.56 Å². The predicted molar refractivity (Wildman–Crippen MR) is 54.8 cm³/mol. The monoisotopic (exact) mass is 207 g/mol. The van der Waals surface area contributed by atoms with Crippen molar-refractivity contribution in [2.75, 3.05) is 0 Å². The molecule has 1 aromatic heterocycles. The number of pyridine rings is 1. The molecule has 1 aliphatic carbocycles. The molecular formula is C11H13NO3. The molecule has 0 spiro atoms. The molecular weight excluding hydrogens is 194 g/mol. The maximum Gasteiger partial charge on any atom is 0.314 e. The zero-order valence-corrected chi connectivity index (χ0v) is 8.56. The van der Waals surface area contributed by atoms with Gasteiger partial charge in [-0.2, -0.15) is 0 Å². The van der Waals surface area contributed by atoms with Gasteiger partial charge in [0.15, 0.2) is 0 Å². The summed E-state index contributed by atoms with van der Waals surface area (Å²) in [7, 11) is 1.65. The van der Waals surface area contributed by atoms with Crippen LogP contribution in [0.3, 0.4) is 0 Å². The van der Waals surface area contributed by atoms with Crippen LogP contribution < -0.4 is 5.56 Å². The first-order valence-corrected chi connectivity index (χ1v) is 4.97. The lowest BCUT2D eigenvalue weighted by molar-refractivity contribution is -0.147. The molecule has 1 aromatic rings. The molecule has 0 saturated heterocycles. The van der Waals surface area contributed by atoms with E-state index in [1.807, 2.05) is 0 Å². The smallest absolute Gasteiger partial charge is 0.314 e. The van der Waals surface area contributed by atoms with Crippen LogP contribution in [0.1, 0.15) is 24.8 Å². The van der Waals surface area contributed by atoms with Crippen LogP contribution in [0.15, 0.2) is 23.1 Å². The summed E-state index contributed by atoms with van der Waals surface area (Å²) in [5, 5.41) is 9.19. The Labute approximate surface area is 87.2 Å². The number of aryl methyl sites for hydroxylation is 1.